The first kappa shape index (κ1) is 7.05. The van der Waals surface area contributed by atoms with Crippen LogP contribution in [0.5, 0.6) is 0 Å². The van der Waals surface area contributed by atoms with Crippen molar-refractivity contribution in [1.82, 2.24) is 5.32 Å². The average Bonchev–Trinajstić information content (AvgIpc) is 1.79. The summed E-state index contributed by atoms with van der Waals surface area (Å²) >= 11 is 0. The summed E-state index contributed by atoms with van der Waals surface area (Å²) in [6.07, 6.45) is -0.481. The summed E-state index contributed by atoms with van der Waals surface area (Å²) in [7, 11) is -4.18. The number of carbonyl (C=O) groups excluding carboxylic acids is 1. The van der Waals surface area contributed by atoms with E-state index < -0.39 is 34.7 Å². The van der Waals surface area contributed by atoms with E-state index in [1.807, 2.05) is 5.32 Å². The molecule has 0 aromatic carbocycles. The zero-order valence-electron chi connectivity index (χ0n) is 7.99. The SMILES string of the molecule is [2H]C([2H])(CCS(=O)(=O)O)NC(C)=O. The van der Waals surface area contributed by atoms with Crippen molar-refractivity contribution in [1.29, 1.82) is 0 Å². The lowest BCUT2D eigenvalue weighted by molar-refractivity contribution is -0.118. The minimum atomic E-state index is -4.18. The Balaban J connectivity index is 4.11. The summed E-state index contributed by atoms with van der Waals surface area (Å²) in [6, 6.07) is 0. The van der Waals surface area contributed by atoms with Crippen LogP contribution >= 0.6 is 0 Å². The monoisotopic (exact) mass is 183 g/mol. The minimum Gasteiger partial charge on any atom is -0.356 e. The average molecular weight is 183 g/mol. The molecule has 0 spiro atoms. The molecule has 0 aromatic heterocycles. The van der Waals surface area contributed by atoms with Gasteiger partial charge in [-0.3, -0.25) is 9.35 Å². The van der Waals surface area contributed by atoms with Crippen molar-refractivity contribution in [2.75, 3.05) is 12.2 Å². The van der Waals surface area contributed by atoms with Gasteiger partial charge in [-0.25, -0.2) is 0 Å². The molecule has 0 aliphatic carbocycles. The highest BCUT2D eigenvalue weighted by Crippen LogP contribution is 1.85. The fourth-order valence-corrected chi connectivity index (χ4v) is 0.727. The van der Waals surface area contributed by atoms with Gasteiger partial charge in [-0.05, 0) is 6.42 Å². The van der Waals surface area contributed by atoms with E-state index in [9.17, 15) is 13.2 Å². The number of rotatable bonds is 4. The molecule has 0 heterocycles. The van der Waals surface area contributed by atoms with Crippen LogP contribution in [0.2, 0.25) is 0 Å². The van der Waals surface area contributed by atoms with Gasteiger partial charge in [-0.2, -0.15) is 8.42 Å². The van der Waals surface area contributed by atoms with E-state index in [1.54, 1.807) is 0 Å². The van der Waals surface area contributed by atoms with Gasteiger partial charge in [0.05, 0.1) is 5.75 Å². The topological polar surface area (TPSA) is 83.5 Å². The van der Waals surface area contributed by atoms with Crippen LogP contribution in [0.1, 0.15) is 16.1 Å². The Morgan fingerprint density at radius 2 is 2.27 bits per heavy atom. The Labute approximate surface area is 68.3 Å². The van der Waals surface area contributed by atoms with E-state index in [0.717, 1.165) is 6.92 Å². The van der Waals surface area contributed by atoms with Gasteiger partial charge >= 0.3 is 0 Å². The summed E-state index contributed by atoms with van der Waals surface area (Å²) in [5.41, 5.74) is 0. The Bertz CT molecular complexity index is 287. The van der Waals surface area contributed by atoms with Crippen LogP contribution < -0.4 is 5.32 Å². The molecule has 0 aliphatic heterocycles. The fourth-order valence-electron chi connectivity index (χ4n) is 0.367. The highest BCUT2D eigenvalue weighted by atomic mass is 32.2. The molecular weight excluding hydrogens is 170 g/mol. The summed E-state index contributed by atoms with van der Waals surface area (Å²) in [6.45, 7) is -0.993. The van der Waals surface area contributed by atoms with E-state index in [1.165, 1.54) is 0 Å². The molecule has 0 rings (SSSR count). The molecule has 0 saturated carbocycles. The van der Waals surface area contributed by atoms with Gasteiger partial charge in [0.1, 0.15) is 0 Å². The number of amides is 1. The Kier molecular flexibility index (Phi) is 2.76. The van der Waals surface area contributed by atoms with Gasteiger partial charge < -0.3 is 5.32 Å². The van der Waals surface area contributed by atoms with Gasteiger partial charge in [-0.1, -0.05) is 0 Å². The van der Waals surface area contributed by atoms with Crippen LogP contribution in [-0.4, -0.2) is 31.1 Å². The van der Waals surface area contributed by atoms with Crippen LogP contribution in [0.15, 0.2) is 0 Å². The molecule has 5 nitrogen and oxygen atoms in total. The molecule has 1 amide bonds. The first-order valence-corrected chi connectivity index (χ1v) is 4.47. The molecule has 2 N–H and O–H groups in total. The molecule has 0 saturated heterocycles. The largest absolute Gasteiger partial charge is 0.356 e. The van der Waals surface area contributed by atoms with Crippen molar-refractivity contribution in [3.05, 3.63) is 0 Å². The predicted molar refractivity (Wildman–Crippen MR) is 39.7 cm³/mol. The van der Waals surface area contributed by atoms with Crippen LogP contribution in [0, 0.1) is 0 Å². The number of hydrogen-bond acceptors (Lipinski definition) is 3. The number of hydrogen-bond donors (Lipinski definition) is 2. The zero-order valence-corrected chi connectivity index (χ0v) is 6.81. The predicted octanol–water partition coefficient (Wildman–Crippen LogP) is -0.600. The first-order valence-electron chi connectivity index (χ1n) is 3.86. The smallest absolute Gasteiger partial charge is 0.264 e. The van der Waals surface area contributed by atoms with Gasteiger partial charge in [0, 0.05) is 16.2 Å². The van der Waals surface area contributed by atoms with Crippen LogP contribution in [-0.2, 0) is 14.9 Å². The lowest BCUT2D eigenvalue weighted by Crippen LogP contribution is -2.22. The Morgan fingerprint density at radius 3 is 2.64 bits per heavy atom. The molecule has 0 unspecified atom stereocenters. The lowest BCUT2D eigenvalue weighted by Gasteiger charge is -1.98. The fraction of sp³-hybridized carbons (Fsp3) is 0.800. The molecule has 11 heavy (non-hydrogen) atoms. The van der Waals surface area contributed by atoms with E-state index in [-0.39, 0.29) is 0 Å². The molecule has 0 atom stereocenters. The van der Waals surface area contributed by atoms with Crippen molar-refractivity contribution >= 4 is 16.0 Å². The number of nitrogens with one attached hydrogen (secondary N) is 1. The van der Waals surface area contributed by atoms with Gasteiger partial charge in [0.2, 0.25) is 5.91 Å². The molecule has 6 heteroatoms. The molecular formula is C5H11NO4S. The third kappa shape index (κ3) is 9.38. The lowest BCUT2D eigenvalue weighted by atomic mass is 10.5. The first-order chi connectivity index (χ1) is 5.62. The van der Waals surface area contributed by atoms with E-state index in [2.05, 4.69) is 0 Å². The van der Waals surface area contributed by atoms with Crippen molar-refractivity contribution in [2.24, 2.45) is 0 Å². The van der Waals surface area contributed by atoms with E-state index in [0.29, 0.717) is 0 Å². The zero-order chi connectivity index (χ0) is 10.7. The summed E-state index contributed by atoms with van der Waals surface area (Å²) in [5, 5.41) is 1.91. The highest BCUT2D eigenvalue weighted by Gasteiger charge is 2.02. The third-order valence-corrected chi connectivity index (χ3v) is 1.47. The maximum absolute atomic E-state index is 10.4. The van der Waals surface area contributed by atoms with E-state index in [4.69, 9.17) is 7.29 Å². The van der Waals surface area contributed by atoms with Gasteiger partial charge in [0.15, 0.2) is 0 Å². The highest BCUT2D eigenvalue weighted by molar-refractivity contribution is 7.85. The van der Waals surface area contributed by atoms with Gasteiger partial charge in [0.25, 0.3) is 10.1 Å². The van der Waals surface area contributed by atoms with Crippen molar-refractivity contribution < 1.29 is 20.5 Å². The molecule has 0 bridgehead atoms. The molecule has 0 aromatic rings. The molecule has 66 valence electrons. The van der Waals surface area contributed by atoms with Crippen molar-refractivity contribution in [2.45, 2.75) is 13.3 Å². The van der Waals surface area contributed by atoms with Gasteiger partial charge in [-0.15, -0.1) is 0 Å². The second kappa shape index (κ2) is 4.30. The number of carbonyl (C=O) groups is 1. The molecule has 0 radical (unpaired) electrons. The van der Waals surface area contributed by atoms with Crippen LogP contribution in [0.4, 0.5) is 0 Å². The second-order valence-corrected chi connectivity index (χ2v) is 3.47. The molecule has 0 fully saturated rings. The van der Waals surface area contributed by atoms with Crippen molar-refractivity contribution in [3.63, 3.8) is 0 Å². The van der Waals surface area contributed by atoms with Crippen LogP contribution in [0.25, 0.3) is 0 Å². The minimum absolute atomic E-state index is 0.481. The molecule has 0 aliphatic rings. The third-order valence-electron chi connectivity index (χ3n) is 0.749. The maximum Gasteiger partial charge on any atom is 0.264 e. The summed E-state index contributed by atoms with van der Waals surface area (Å²) < 4.78 is 43.0. The maximum atomic E-state index is 10.4. The summed E-state index contributed by atoms with van der Waals surface area (Å²) in [4.78, 5) is 10.4. The normalized spacial score (nSPS) is 15.1. The summed E-state index contributed by atoms with van der Waals surface area (Å²) in [5.74, 6) is -1.32. The van der Waals surface area contributed by atoms with E-state index >= 15 is 0 Å². The second-order valence-electron chi connectivity index (χ2n) is 1.89. The quantitative estimate of drug-likeness (QED) is 0.570. The standard InChI is InChI=1S/C5H11NO4S/c1-5(7)6-3-2-4-11(8,9)10/h2-4H2,1H3,(H,6,7)(H,8,9,10)/i3D2. The van der Waals surface area contributed by atoms with Crippen LogP contribution in [0.3, 0.4) is 0 Å². The van der Waals surface area contributed by atoms with Crippen molar-refractivity contribution in [3.8, 4) is 0 Å². The Hall–Kier alpha value is -0.620. The Morgan fingerprint density at radius 1 is 1.73 bits per heavy atom.